The van der Waals surface area contributed by atoms with Crippen molar-refractivity contribution in [3.63, 3.8) is 0 Å². The van der Waals surface area contributed by atoms with Crippen LogP contribution in [0.15, 0.2) is 42.5 Å². The Hall–Kier alpha value is -2.60. The molecule has 1 amide bonds. The summed E-state index contributed by atoms with van der Waals surface area (Å²) >= 11 is 0. The number of hydrogen-bond acceptors (Lipinski definition) is 4. The second kappa shape index (κ2) is 8.19. The van der Waals surface area contributed by atoms with Crippen LogP contribution in [0.3, 0.4) is 0 Å². The lowest BCUT2D eigenvalue weighted by molar-refractivity contribution is -0.115. The van der Waals surface area contributed by atoms with Crippen LogP contribution in [0.25, 0.3) is 0 Å². The summed E-state index contributed by atoms with van der Waals surface area (Å²) < 4.78 is 24.1. The molecule has 26 heavy (non-hydrogen) atoms. The molecule has 0 spiro atoms. The second-order valence-corrected chi connectivity index (χ2v) is 6.56. The Morgan fingerprint density at radius 1 is 1.08 bits per heavy atom. The zero-order chi connectivity index (χ0) is 18.5. The first-order chi connectivity index (χ1) is 12.5. The van der Waals surface area contributed by atoms with Crippen molar-refractivity contribution in [3.05, 3.63) is 53.8 Å². The van der Waals surface area contributed by atoms with Gasteiger partial charge >= 0.3 is 0 Å². The average molecular weight is 358 g/mol. The molecular weight excluding hydrogens is 335 g/mol. The molecule has 0 saturated heterocycles. The van der Waals surface area contributed by atoms with E-state index in [4.69, 9.17) is 9.47 Å². The predicted octanol–water partition coefficient (Wildman–Crippen LogP) is 3.52. The van der Waals surface area contributed by atoms with Gasteiger partial charge < -0.3 is 20.1 Å². The van der Waals surface area contributed by atoms with Crippen LogP contribution < -0.4 is 20.1 Å². The number of anilines is 1. The number of ether oxygens (including phenoxy) is 2. The third-order valence-corrected chi connectivity index (χ3v) is 4.20. The number of carbonyl (C=O) groups is 1. The van der Waals surface area contributed by atoms with Crippen LogP contribution in [0.1, 0.15) is 25.5 Å². The summed E-state index contributed by atoms with van der Waals surface area (Å²) in [5.41, 5.74) is 1.61. The van der Waals surface area contributed by atoms with Crippen molar-refractivity contribution in [2.24, 2.45) is 5.92 Å². The third-order valence-electron chi connectivity index (χ3n) is 4.20. The van der Waals surface area contributed by atoms with Crippen LogP contribution in [-0.4, -0.2) is 25.7 Å². The van der Waals surface area contributed by atoms with E-state index in [0.29, 0.717) is 30.4 Å². The van der Waals surface area contributed by atoms with Crippen molar-refractivity contribution in [1.82, 2.24) is 5.32 Å². The van der Waals surface area contributed by atoms with Gasteiger partial charge in [0.05, 0.1) is 6.54 Å². The highest BCUT2D eigenvalue weighted by atomic mass is 19.1. The van der Waals surface area contributed by atoms with Crippen LogP contribution in [0.2, 0.25) is 0 Å². The first-order valence-electron chi connectivity index (χ1n) is 8.71. The number of benzene rings is 2. The average Bonchev–Trinajstić information content (AvgIpc) is 2.63. The smallest absolute Gasteiger partial charge is 0.238 e. The molecule has 2 aromatic rings. The Morgan fingerprint density at radius 3 is 2.46 bits per heavy atom. The zero-order valence-corrected chi connectivity index (χ0v) is 14.9. The van der Waals surface area contributed by atoms with Crippen molar-refractivity contribution >= 4 is 11.6 Å². The fourth-order valence-corrected chi connectivity index (χ4v) is 2.94. The highest BCUT2D eigenvalue weighted by Crippen LogP contribution is 2.32. The molecule has 2 N–H and O–H groups in total. The van der Waals surface area contributed by atoms with E-state index >= 15 is 0 Å². The Balaban J connectivity index is 1.59. The summed E-state index contributed by atoms with van der Waals surface area (Å²) in [7, 11) is 0. The minimum atomic E-state index is -0.271. The van der Waals surface area contributed by atoms with Gasteiger partial charge in [0.15, 0.2) is 11.5 Å². The molecule has 0 radical (unpaired) electrons. The number of rotatable bonds is 6. The molecule has 6 heteroatoms. The molecule has 0 fully saturated rings. The Kier molecular flexibility index (Phi) is 5.73. The molecule has 1 aliphatic rings. The minimum Gasteiger partial charge on any atom is -0.486 e. The van der Waals surface area contributed by atoms with Crippen molar-refractivity contribution in [2.75, 3.05) is 25.1 Å². The molecule has 0 saturated carbocycles. The van der Waals surface area contributed by atoms with Crippen LogP contribution in [-0.2, 0) is 4.79 Å². The summed E-state index contributed by atoms with van der Waals surface area (Å²) in [4.78, 5) is 12.3. The lowest BCUT2D eigenvalue weighted by atomic mass is 9.96. The largest absolute Gasteiger partial charge is 0.486 e. The van der Waals surface area contributed by atoms with E-state index in [9.17, 15) is 9.18 Å². The van der Waals surface area contributed by atoms with Gasteiger partial charge in [-0.15, -0.1) is 0 Å². The quantitative estimate of drug-likeness (QED) is 0.829. The molecule has 0 bridgehead atoms. The third kappa shape index (κ3) is 4.52. The van der Waals surface area contributed by atoms with Crippen LogP contribution >= 0.6 is 0 Å². The van der Waals surface area contributed by atoms with Crippen molar-refractivity contribution in [3.8, 4) is 11.5 Å². The first kappa shape index (κ1) is 18.2. The van der Waals surface area contributed by atoms with Crippen LogP contribution in [0, 0.1) is 11.7 Å². The van der Waals surface area contributed by atoms with Gasteiger partial charge in [0.25, 0.3) is 0 Å². The zero-order valence-electron chi connectivity index (χ0n) is 14.9. The molecule has 0 aromatic heterocycles. The summed E-state index contributed by atoms with van der Waals surface area (Å²) in [5, 5.41) is 6.10. The maximum absolute atomic E-state index is 13.1. The second-order valence-electron chi connectivity index (χ2n) is 6.56. The molecule has 1 unspecified atom stereocenters. The molecular formula is C20H23FN2O3. The lowest BCUT2D eigenvalue weighted by Gasteiger charge is -2.23. The van der Waals surface area contributed by atoms with Crippen molar-refractivity contribution in [1.29, 1.82) is 0 Å². The monoisotopic (exact) mass is 358 g/mol. The van der Waals surface area contributed by atoms with E-state index in [-0.39, 0.29) is 30.2 Å². The van der Waals surface area contributed by atoms with E-state index in [1.807, 2.05) is 0 Å². The molecule has 2 aromatic carbocycles. The van der Waals surface area contributed by atoms with Crippen molar-refractivity contribution in [2.45, 2.75) is 19.9 Å². The van der Waals surface area contributed by atoms with Gasteiger partial charge in [-0.1, -0.05) is 26.0 Å². The first-order valence-corrected chi connectivity index (χ1v) is 8.71. The maximum atomic E-state index is 13.1. The molecule has 1 atom stereocenters. The molecule has 3 rings (SSSR count). The summed E-state index contributed by atoms with van der Waals surface area (Å²) in [5.74, 6) is 1.14. The number of hydrogen-bond donors (Lipinski definition) is 2. The highest BCUT2D eigenvalue weighted by molar-refractivity contribution is 5.92. The highest BCUT2D eigenvalue weighted by Gasteiger charge is 2.17. The van der Waals surface area contributed by atoms with E-state index < -0.39 is 0 Å². The Labute approximate surface area is 152 Å². The lowest BCUT2D eigenvalue weighted by Crippen LogP contribution is -2.33. The SMILES string of the molecule is CC(C)C(NCC(=O)Nc1ccc2c(c1)OCCO2)c1ccc(F)cc1. The van der Waals surface area contributed by atoms with Gasteiger partial charge in [0.2, 0.25) is 5.91 Å². The van der Waals surface area contributed by atoms with E-state index in [0.717, 1.165) is 5.56 Å². The fourth-order valence-electron chi connectivity index (χ4n) is 2.94. The number of amides is 1. The summed E-state index contributed by atoms with van der Waals surface area (Å²) in [6.45, 7) is 5.29. The molecule has 1 aliphatic heterocycles. The number of nitrogens with one attached hydrogen (secondary N) is 2. The normalized spacial score (nSPS) is 14.2. The van der Waals surface area contributed by atoms with Gasteiger partial charge in [-0.05, 0) is 35.7 Å². The molecule has 138 valence electrons. The standard InChI is InChI=1S/C20H23FN2O3/c1-13(2)20(14-3-5-15(21)6-4-14)22-12-19(24)23-16-7-8-17-18(11-16)26-10-9-25-17/h3-8,11,13,20,22H,9-10,12H2,1-2H3,(H,23,24). The molecule has 0 aliphatic carbocycles. The summed E-state index contributed by atoms with van der Waals surface area (Å²) in [6, 6.07) is 11.6. The van der Waals surface area contributed by atoms with Gasteiger partial charge in [0.1, 0.15) is 19.0 Å². The summed E-state index contributed by atoms with van der Waals surface area (Å²) in [6.07, 6.45) is 0. The van der Waals surface area contributed by atoms with E-state index in [1.165, 1.54) is 12.1 Å². The Bertz CT molecular complexity index is 762. The topological polar surface area (TPSA) is 59.6 Å². The number of fused-ring (bicyclic) bond motifs is 1. The van der Waals surface area contributed by atoms with E-state index in [1.54, 1.807) is 30.3 Å². The van der Waals surface area contributed by atoms with Crippen LogP contribution in [0.5, 0.6) is 11.5 Å². The molecule has 1 heterocycles. The van der Waals surface area contributed by atoms with E-state index in [2.05, 4.69) is 24.5 Å². The Morgan fingerprint density at radius 2 is 1.77 bits per heavy atom. The van der Waals surface area contributed by atoms with Gasteiger partial charge in [0, 0.05) is 17.8 Å². The fraction of sp³-hybridized carbons (Fsp3) is 0.350. The minimum absolute atomic E-state index is 0.0402. The van der Waals surface area contributed by atoms with Gasteiger partial charge in [-0.25, -0.2) is 4.39 Å². The van der Waals surface area contributed by atoms with Gasteiger partial charge in [-0.3, -0.25) is 4.79 Å². The van der Waals surface area contributed by atoms with Crippen LogP contribution in [0.4, 0.5) is 10.1 Å². The number of halogens is 1. The maximum Gasteiger partial charge on any atom is 0.238 e. The van der Waals surface area contributed by atoms with Crippen molar-refractivity contribution < 1.29 is 18.7 Å². The molecule has 5 nitrogen and oxygen atoms in total. The van der Waals surface area contributed by atoms with Gasteiger partial charge in [-0.2, -0.15) is 0 Å². The number of carbonyl (C=O) groups excluding carboxylic acids is 1. The predicted molar refractivity (Wildman–Crippen MR) is 98.0 cm³/mol.